The average molecular weight is 396 g/mol. The number of rotatable bonds is 7. The number of hydrogen-bond donors (Lipinski definition) is 3. The molecule has 0 heterocycles. The van der Waals surface area contributed by atoms with Crippen LogP contribution in [0, 0.1) is 5.92 Å². The van der Waals surface area contributed by atoms with Crippen molar-refractivity contribution in [3.63, 3.8) is 0 Å². The van der Waals surface area contributed by atoms with Crippen molar-refractivity contribution >= 4 is 29.5 Å². The Morgan fingerprint density at radius 1 is 1.26 bits per heavy atom. The molecule has 1 fully saturated rings. The van der Waals surface area contributed by atoms with E-state index in [2.05, 4.69) is 17.6 Å². The number of hydrogen-bond acceptors (Lipinski definition) is 4. The van der Waals surface area contributed by atoms with E-state index in [-0.39, 0.29) is 25.0 Å². The van der Waals surface area contributed by atoms with Gasteiger partial charge in [-0.3, -0.25) is 9.59 Å². The highest BCUT2D eigenvalue weighted by molar-refractivity contribution is 6.31. The summed E-state index contributed by atoms with van der Waals surface area (Å²) in [5, 5.41) is 5.80. The van der Waals surface area contributed by atoms with Crippen LogP contribution in [0.1, 0.15) is 50.6 Å². The average Bonchev–Trinajstić information content (AvgIpc) is 2.61. The molecule has 8 heteroatoms. The zero-order valence-corrected chi connectivity index (χ0v) is 16.1. The maximum Gasteiger partial charge on any atom is 0.312 e. The molecule has 2 rings (SSSR count). The van der Waals surface area contributed by atoms with E-state index in [0.717, 1.165) is 19.3 Å². The third-order valence-corrected chi connectivity index (χ3v) is 5.13. The molecule has 148 valence electrons. The molecule has 3 amide bonds. The molecule has 0 aliphatic heterocycles. The molecule has 0 spiro atoms. The van der Waals surface area contributed by atoms with Crippen LogP contribution in [0.4, 0.5) is 4.79 Å². The minimum atomic E-state index is -0.781. The van der Waals surface area contributed by atoms with Crippen LogP contribution in [0.25, 0.3) is 0 Å². The first-order chi connectivity index (χ1) is 12.9. The molecule has 0 saturated heterocycles. The van der Waals surface area contributed by atoms with E-state index < -0.39 is 18.0 Å². The smallest absolute Gasteiger partial charge is 0.312 e. The van der Waals surface area contributed by atoms with Crippen LogP contribution < -0.4 is 16.4 Å². The summed E-state index contributed by atoms with van der Waals surface area (Å²) in [6, 6.07) is 5.42. The molecule has 1 aromatic carbocycles. The Balaban J connectivity index is 1.87. The fourth-order valence-corrected chi connectivity index (χ4v) is 3.59. The zero-order chi connectivity index (χ0) is 19.8. The molecule has 4 N–H and O–H groups in total. The van der Waals surface area contributed by atoms with Gasteiger partial charge in [0.15, 0.2) is 6.61 Å². The fourth-order valence-electron chi connectivity index (χ4n) is 3.32. The number of esters is 1. The van der Waals surface area contributed by atoms with Crippen LogP contribution in [-0.2, 0) is 14.3 Å². The van der Waals surface area contributed by atoms with Crippen molar-refractivity contribution in [3.8, 4) is 0 Å². The highest BCUT2D eigenvalue weighted by Gasteiger charge is 2.24. The molecule has 7 nitrogen and oxygen atoms in total. The SMILES string of the molecule is C[C@H]1CCCC[C@@H]1NC(=O)COC(=O)C[C@H](NC(N)=O)c1ccccc1Cl. The first-order valence-electron chi connectivity index (χ1n) is 9.12. The Kier molecular flexibility index (Phi) is 7.91. The summed E-state index contributed by atoms with van der Waals surface area (Å²) in [4.78, 5) is 35.4. The minimum absolute atomic E-state index is 0.123. The van der Waals surface area contributed by atoms with Crippen molar-refractivity contribution in [2.45, 2.75) is 51.1 Å². The summed E-state index contributed by atoms with van der Waals surface area (Å²) < 4.78 is 5.07. The quantitative estimate of drug-likeness (QED) is 0.616. The zero-order valence-electron chi connectivity index (χ0n) is 15.4. The standard InChI is InChI=1S/C19H26ClN3O4/c1-12-6-2-5-9-15(12)22-17(24)11-27-18(25)10-16(23-19(21)26)13-7-3-4-8-14(13)20/h3-4,7-8,12,15-16H,2,5-6,9-11H2,1H3,(H,22,24)(H3,21,23,26)/t12-,15-,16-/m0/s1. The molecule has 1 aliphatic carbocycles. The molecular formula is C19H26ClN3O4. The summed E-state index contributed by atoms with van der Waals surface area (Å²) in [6.07, 6.45) is 4.12. The molecule has 27 heavy (non-hydrogen) atoms. The summed E-state index contributed by atoms with van der Waals surface area (Å²) in [5.41, 5.74) is 5.74. The van der Waals surface area contributed by atoms with Gasteiger partial charge in [-0.05, 0) is 30.4 Å². The second-order valence-electron chi connectivity index (χ2n) is 6.88. The van der Waals surface area contributed by atoms with Crippen molar-refractivity contribution in [2.24, 2.45) is 11.7 Å². The lowest BCUT2D eigenvalue weighted by Gasteiger charge is -2.29. The second kappa shape index (κ2) is 10.2. The van der Waals surface area contributed by atoms with Crippen molar-refractivity contribution in [2.75, 3.05) is 6.61 Å². The number of benzene rings is 1. The van der Waals surface area contributed by atoms with Crippen LogP contribution >= 0.6 is 11.6 Å². The van der Waals surface area contributed by atoms with Crippen LogP contribution in [0.5, 0.6) is 0 Å². The van der Waals surface area contributed by atoms with E-state index in [1.165, 1.54) is 6.42 Å². The van der Waals surface area contributed by atoms with E-state index >= 15 is 0 Å². The van der Waals surface area contributed by atoms with Gasteiger partial charge in [0.1, 0.15) is 0 Å². The van der Waals surface area contributed by atoms with Crippen LogP contribution in [-0.4, -0.2) is 30.6 Å². The monoisotopic (exact) mass is 395 g/mol. The van der Waals surface area contributed by atoms with Gasteiger partial charge < -0.3 is 21.1 Å². The van der Waals surface area contributed by atoms with Gasteiger partial charge in [0.2, 0.25) is 0 Å². The fraction of sp³-hybridized carbons (Fsp3) is 0.526. The number of urea groups is 1. The summed E-state index contributed by atoms with van der Waals surface area (Å²) in [5.74, 6) is -0.525. The van der Waals surface area contributed by atoms with Gasteiger partial charge in [-0.15, -0.1) is 0 Å². The molecule has 1 aliphatic rings. The van der Waals surface area contributed by atoms with E-state index in [0.29, 0.717) is 16.5 Å². The largest absolute Gasteiger partial charge is 0.456 e. The minimum Gasteiger partial charge on any atom is -0.456 e. The second-order valence-corrected chi connectivity index (χ2v) is 7.29. The summed E-state index contributed by atoms with van der Waals surface area (Å²) in [7, 11) is 0. The lowest BCUT2D eigenvalue weighted by atomic mass is 9.86. The molecular weight excluding hydrogens is 370 g/mol. The molecule has 0 bridgehead atoms. The molecule has 0 radical (unpaired) electrons. The van der Waals surface area contributed by atoms with Gasteiger partial charge in [0.25, 0.3) is 5.91 Å². The van der Waals surface area contributed by atoms with Gasteiger partial charge in [-0.2, -0.15) is 0 Å². The molecule has 1 aromatic rings. The maximum absolute atomic E-state index is 12.1. The molecule has 0 aromatic heterocycles. The Morgan fingerprint density at radius 2 is 1.96 bits per heavy atom. The Bertz CT molecular complexity index is 683. The van der Waals surface area contributed by atoms with Crippen molar-refractivity contribution in [1.29, 1.82) is 0 Å². The van der Waals surface area contributed by atoms with Crippen LogP contribution in [0.15, 0.2) is 24.3 Å². The normalized spacial score (nSPS) is 20.4. The van der Waals surface area contributed by atoms with Crippen molar-refractivity contribution in [3.05, 3.63) is 34.9 Å². The Labute approximate surface area is 164 Å². The Morgan fingerprint density at radius 3 is 2.63 bits per heavy atom. The van der Waals surface area contributed by atoms with Gasteiger partial charge in [-0.25, -0.2) is 4.79 Å². The van der Waals surface area contributed by atoms with Crippen molar-refractivity contribution in [1.82, 2.24) is 10.6 Å². The lowest BCUT2D eigenvalue weighted by Crippen LogP contribution is -2.43. The third kappa shape index (κ3) is 6.75. The van der Waals surface area contributed by atoms with E-state index in [4.69, 9.17) is 22.1 Å². The number of carbonyl (C=O) groups excluding carboxylic acids is 3. The molecule has 0 unspecified atom stereocenters. The summed E-state index contributed by atoms with van der Waals surface area (Å²) >= 11 is 6.13. The van der Waals surface area contributed by atoms with E-state index in [9.17, 15) is 14.4 Å². The van der Waals surface area contributed by atoms with Gasteiger partial charge in [-0.1, -0.05) is 49.6 Å². The number of halogens is 1. The van der Waals surface area contributed by atoms with E-state index in [1.807, 2.05) is 0 Å². The predicted octanol–water partition coefficient (Wildman–Crippen LogP) is 2.68. The number of ether oxygens (including phenoxy) is 1. The number of carbonyl (C=O) groups is 3. The van der Waals surface area contributed by atoms with Gasteiger partial charge >= 0.3 is 12.0 Å². The predicted molar refractivity (Wildman–Crippen MR) is 102 cm³/mol. The molecule has 3 atom stereocenters. The lowest BCUT2D eigenvalue weighted by molar-refractivity contribution is -0.149. The first-order valence-corrected chi connectivity index (χ1v) is 9.50. The highest BCUT2D eigenvalue weighted by atomic mass is 35.5. The van der Waals surface area contributed by atoms with E-state index in [1.54, 1.807) is 24.3 Å². The number of nitrogens with one attached hydrogen (secondary N) is 2. The van der Waals surface area contributed by atoms with Gasteiger partial charge in [0.05, 0.1) is 12.5 Å². The maximum atomic E-state index is 12.1. The number of amides is 3. The van der Waals surface area contributed by atoms with Gasteiger partial charge in [0, 0.05) is 11.1 Å². The Hall–Kier alpha value is -2.28. The topological polar surface area (TPSA) is 111 Å². The van der Waals surface area contributed by atoms with Crippen LogP contribution in [0.2, 0.25) is 5.02 Å². The van der Waals surface area contributed by atoms with Crippen molar-refractivity contribution < 1.29 is 19.1 Å². The summed E-state index contributed by atoms with van der Waals surface area (Å²) in [6.45, 7) is 1.76. The number of nitrogens with two attached hydrogens (primary N) is 1. The van der Waals surface area contributed by atoms with Crippen LogP contribution in [0.3, 0.4) is 0 Å². The molecule has 1 saturated carbocycles. The number of primary amides is 1. The highest BCUT2D eigenvalue weighted by Crippen LogP contribution is 2.25. The third-order valence-electron chi connectivity index (χ3n) is 4.79. The first kappa shape index (κ1) is 21.0.